The van der Waals surface area contributed by atoms with Crippen molar-refractivity contribution in [3.8, 4) is 0 Å². The van der Waals surface area contributed by atoms with E-state index in [0.717, 1.165) is 32.1 Å². The molecule has 0 radical (unpaired) electrons. The molecular weight excluding hydrogens is 288 g/mol. The van der Waals surface area contributed by atoms with Gasteiger partial charge in [0.05, 0.1) is 24.2 Å². The molecule has 6 atom stereocenters. The highest BCUT2D eigenvalue weighted by Gasteiger charge is 2.72. The lowest BCUT2D eigenvalue weighted by Gasteiger charge is -2.58. The Labute approximate surface area is 138 Å². The molecule has 0 bridgehead atoms. The molecule has 1 aromatic rings. The van der Waals surface area contributed by atoms with Crippen LogP contribution in [-0.2, 0) is 16.0 Å². The normalized spacial score (nSPS) is 48.4. The van der Waals surface area contributed by atoms with Crippen LogP contribution in [0.1, 0.15) is 58.4 Å². The maximum atomic E-state index is 12.4. The Morgan fingerprint density at radius 3 is 2.83 bits per heavy atom. The first-order valence-corrected chi connectivity index (χ1v) is 9.11. The molecule has 3 fully saturated rings. The molecule has 4 rings (SSSR count). The summed E-state index contributed by atoms with van der Waals surface area (Å²) in [5.74, 6) is 0.885. The Kier molecular flexibility index (Phi) is 3.32. The summed E-state index contributed by atoms with van der Waals surface area (Å²) in [6.45, 7) is 6.95. The van der Waals surface area contributed by atoms with Gasteiger partial charge in [0.25, 0.3) is 0 Å². The molecule has 1 aromatic heterocycles. The van der Waals surface area contributed by atoms with E-state index in [-0.39, 0.29) is 16.4 Å². The molecule has 3 nitrogen and oxygen atoms in total. The van der Waals surface area contributed by atoms with Crippen molar-refractivity contribution in [3.05, 3.63) is 24.2 Å². The van der Waals surface area contributed by atoms with Gasteiger partial charge in [0.15, 0.2) is 0 Å². The minimum Gasteiger partial charge on any atom is -0.472 e. The predicted molar refractivity (Wildman–Crippen MR) is 88.0 cm³/mol. The largest absolute Gasteiger partial charge is 0.472 e. The van der Waals surface area contributed by atoms with Crippen molar-refractivity contribution < 1.29 is 13.9 Å². The van der Waals surface area contributed by atoms with Crippen molar-refractivity contribution in [3.63, 3.8) is 0 Å². The number of fused-ring (bicyclic) bond motifs is 3. The Bertz CT molecular complexity index is 594. The fourth-order valence-electron chi connectivity index (χ4n) is 5.97. The van der Waals surface area contributed by atoms with Crippen molar-refractivity contribution in [1.82, 2.24) is 0 Å². The first kappa shape index (κ1) is 15.4. The second kappa shape index (κ2) is 4.95. The first-order valence-electron chi connectivity index (χ1n) is 9.11. The van der Waals surface area contributed by atoms with Gasteiger partial charge < -0.3 is 13.9 Å². The summed E-state index contributed by atoms with van der Waals surface area (Å²) in [6.07, 6.45) is 11.7. The van der Waals surface area contributed by atoms with E-state index in [0.29, 0.717) is 17.9 Å². The van der Waals surface area contributed by atoms with Crippen molar-refractivity contribution in [2.24, 2.45) is 22.7 Å². The lowest BCUT2D eigenvalue weighted by molar-refractivity contribution is -0.144. The average molecular weight is 316 g/mol. The summed E-state index contributed by atoms with van der Waals surface area (Å²) < 4.78 is 11.3. The quantitative estimate of drug-likeness (QED) is 0.611. The highest BCUT2D eigenvalue weighted by atomic mass is 16.6. The van der Waals surface area contributed by atoms with E-state index in [1.807, 2.05) is 12.3 Å². The van der Waals surface area contributed by atoms with E-state index in [1.54, 1.807) is 6.26 Å². The number of carbonyl (C=O) groups is 1. The minimum atomic E-state index is -0.218. The van der Waals surface area contributed by atoms with Crippen LogP contribution >= 0.6 is 0 Å². The topological polar surface area (TPSA) is 42.7 Å². The van der Waals surface area contributed by atoms with Crippen molar-refractivity contribution in [2.75, 3.05) is 0 Å². The van der Waals surface area contributed by atoms with Gasteiger partial charge in [-0.1, -0.05) is 13.8 Å². The molecule has 23 heavy (non-hydrogen) atoms. The van der Waals surface area contributed by atoms with Gasteiger partial charge in [-0.25, -0.2) is 0 Å². The van der Waals surface area contributed by atoms with Crippen LogP contribution < -0.4 is 0 Å². The van der Waals surface area contributed by atoms with Crippen molar-refractivity contribution >= 4 is 6.29 Å². The van der Waals surface area contributed by atoms with E-state index in [9.17, 15) is 4.79 Å². The van der Waals surface area contributed by atoms with E-state index in [4.69, 9.17) is 9.15 Å². The number of hydrogen-bond donors (Lipinski definition) is 0. The molecule has 0 spiro atoms. The fraction of sp³-hybridized carbons (Fsp3) is 0.750. The van der Waals surface area contributed by atoms with Crippen LogP contribution in [0.2, 0.25) is 0 Å². The Hall–Kier alpha value is -1.09. The molecule has 3 heteroatoms. The number of furan rings is 1. The smallest absolute Gasteiger partial charge is 0.126 e. The van der Waals surface area contributed by atoms with Gasteiger partial charge in [-0.05, 0) is 68.9 Å². The molecule has 2 heterocycles. The van der Waals surface area contributed by atoms with Gasteiger partial charge >= 0.3 is 0 Å². The molecule has 1 aliphatic heterocycles. The summed E-state index contributed by atoms with van der Waals surface area (Å²) in [5.41, 5.74) is 1.12. The fourth-order valence-corrected chi connectivity index (χ4v) is 5.97. The third kappa shape index (κ3) is 1.95. The highest BCUT2D eigenvalue weighted by Crippen LogP contribution is 2.69. The summed E-state index contributed by atoms with van der Waals surface area (Å²) in [6, 6.07) is 2.02. The van der Waals surface area contributed by atoms with Crippen molar-refractivity contribution in [1.29, 1.82) is 0 Å². The average Bonchev–Trinajstić information content (AvgIpc) is 2.98. The number of epoxide rings is 1. The number of rotatable bonds is 4. The van der Waals surface area contributed by atoms with Crippen LogP contribution in [0.3, 0.4) is 0 Å². The molecular formula is C20H28O3. The van der Waals surface area contributed by atoms with E-state index in [1.165, 1.54) is 18.3 Å². The van der Waals surface area contributed by atoms with Crippen LogP contribution in [0.5, 0.6) is 0 Å². The number of aldehydes is 1. The Morgan fingerprint density at radius 2 is 2.13 bits per heavy atom. The molecule has 2 aliphatic carbocycles. The summed E-state index contributed by atoms with van der Waals surface area (Å²) in [7, 11) is 0. The van der Waals surface area contributed by atoms with Gasteiger partial charge in [-0.15, -0.1) is 0 Å². The molecule has 0 unspecified atom stereocenters. The first-order chi connectivity index (χ1) is 11.0. The van der Waals surface area contributed by atoms with E-state index < -0.39 is 0 Å². The second-order valence-corrected chi connectivity index (χ2v) is 8.56. The molecule has 0 amide bonds. The lowest BCUT2D eigenvalue weighted by Crippen LogP contribution is -2.58. The standard InChI is InChI=1S/C20H28O3/c1-14-6-9-18(2)16(4-5-17-19(18,3)23-17)20(14,13-21)10-7-15-8-11-22-12-15/h8,11-14,16-17H,4-7,9-10H2,1-3H3/t14-,16+,17+,18-,19+,20-/m1/s1. The van der Waals surface area contributed by atoms with Crippen LogP contribution in [0.25, 0.3) is 0 Å². The lowest BCUT2D eigenvalue weighted by atomic mass is 9.44. The summed E-state index contributed by atoms with van der Waals surface area (Å²) in [5, 5.41) is 0. The minimum absolute atomic E-state index is 0.0000428. The number of hydrogen-bond acceptors (Lipinski definition) is 3. The third-order valence-corrected chi connectivity index (χ3v) is 7.87. The number of carbonyl (C=O) groups excluding carboxylic acids is 1. The van der Waals surface area contributed by atoms with Crippen LogP contribution in [0.4, 0.5) is 0 Å². The van der Waals surface area contributed by atoms with E-state index in [2.05, 4.69) is 20.8 Å². The SMILES string of the molecule is C[C@@H]1CC[C@]2(C)[C@H](CC[C@@H]3O[C@@]32C)[C@@]1(C=O)CCc1ccoc1. The maximum Gasteiger partial charge on any atom is 0.126 e. The monoisotopic (exact) mass is 316 g/mol. The summed E-state index contributed by atoms with van der Waals surface area (Å²) in [4.78, 5) is 12.4. The maximum absolute atomic E-state index is 12.4. The van der Waals surface area contributed by atoms with Crippen LogP contribution in [0, 0.1) is 22.7 Å². The Morgan fingerprint density at radius 1 is 1.30 bits per heavy atom. The third-order valence-electron chi connectivity index (χ3n) is 7.87. The van der Waals surface area contributed by atoms with Gasteiger partial charge in [0, 0.05) is 10.8 Å². The van der Waals surface area contributed by atoms with Gasteiger partial charge in [0.2, 0.25) is 0 Å². The zero-order valence-corrected chi connectivity index (χ0v) is 14.5. The molecule has 0 aromatic carbocycles. The number of ether oxygens (including phenoxy) is 1. The van der Waals surface area contributed by atoms with Gasteiger partial charge in [-0.2, -0.15) is 0 Å². The molecule has 126 valence electrons. The molecule has 2 saturated carbocycles. The van der Waals surface area contributed by atoms with Crippen LogP contribution in [-0.4, -0.2) is 18.0 Å². The molecule has 0 N–H and O–H groups in total. The van der Waals surface area contributed by atoms with Gasteiger partial charge in [-0.3, -0.25) is 0 Å². The van der Waals surface area contributed by atoms with E-state index >= 15 is 0 Å². The Balaban J connectivity index is 1.67. The zero-order valence-electron chi connectivity index (χ0n) is 14.5. The van der Waals surface area contributed by atoms with Crippen LogP contribution in [0.15, 0.2) is 23.0 Å². The highest BCUT2D eigenvalue weighted by molar-refractivity contribution is 5.62. The second-order valence-electron chi connectivity index (χ2n) is 8.56. The molecule has 1 saturated heterocycles. The zero-order chi connectivity index (χ0) is 16.3. The van der Waals surface area contributed by atoms with Crippen molar-refractivity contribution in [2.45, 2.75) is 71.0 Å². The number of aryl methyl sites for hydroxylation is 1. The van der Waals surface area contributed by atoms with Gasteiger partial charge in [0.1, 0.15) is 6.29 Å². The summed E-state index contributed by atoms with van der Waals surface area (Å²) >= 11 is 0. The predicted octanol–water partition coefficient (Wildman–Crippen LogP) is 4.40. The molecule has 3 aliphatic rings.